The summed E-state index contributed by atoms with van der Waals surface area (Å²) in [6.45, 7) is 3.35. The second-order valence-electron chi connectivity index (χ2n) is 6.48. The first-order valence-corrected chi connectivity index (χ1v) is 9.62. The van der Waals surface area contributed by atoms with Gasteiger partial charge in [-0.3, -0.25) is 4.79 Å². The molecular weight excluding hydrogens is 367 g/mol. The van der Waals surface area contributed by atoms with Crippen molar-refractivity contribution >= 4 is 17.2 Å². The number of aryl methyl sites for hydroxylation is 1. The number of hydrogen-bond acceptors (Lipinski definition) is 5. The van der Waals surface area contributed by atoms with Crippen LogP contribution in [0, 0.1) is 12.7 Å². The summed E-state index contributed by atoms with van der Waals surface area (Å²) in [7, 11) is 0. The molecule has 1 fully saturated rings. The molecule has 3 heterocycles. The molecule has 7 heteroatoms. The lowest BCUT2D eigenvalue weighted by Crippen LogP contribution is -2.43. The van der Waals surface area contributed by atoms with Gasteiger partial charge >= 0.3 is 0 Å². The predicted octanol–water partition coefficient (Wildman–Crippen LogP) is 3.99. The number of furan rings is 1. The minimum Gasteiger partial charge on any atom is -0.459 e. The summed E-state index contributed by atoms with van der Waals surface area (Å²) >= 11 is 1.47. The molecule has 1 unspecified atom stereocenters. The molecule has 0 saturated carbocycles. The minimum absolute atomic E-state index is 0.0119. The summed E-state index contributed by atoms with van der Waals surface area (Å²) in [6.07, 6.45) is 0.00664. The van der Waals surface area contributed by atoms with Crippen LogP contribution in [0.3, 0.4) is 0 Å². The molecule has 140 valence electrons. The van der Waals surface area contributed by atoms with Crippen LogP contribution in [0.5, 0.6) is 0 Å². The van der Waals surface area contributed by atoms with Crippen LogP contribution in [0.2, 0.25) is 0 Å². The molecule has 1 saturated heterocycles. The summed E-state index contributed by atoms with van der Waals surface area (Å²) in [6, 6.07) is 10.00. The lowest BCUT2D eigenvalue weighted by Gasteiger charge is -2.33. The molecule has 2 aromatic heterocycles. The Morgan fingerprint density at radius 2 is 2.11 bits per heavy atom. The van der Waals surface area contributed by atoms with E-state index in [4.69, 9.17) is 9.15 Å². The fourth-order valence-corrected chi connectivity index (χ4v) is 3.85. The van der Waals surface area contributed by atoms with E-state index in [1.54, 1.807) is 17.0 Å². The Bertz CT molecular complexity index is 935. The van der Waals surface area contributed by atoms with E-state index in [0.29, 0.717) is 19.7 Å². The Labute approximate surface area is 160 Å². The van der Waals surface area contributed by atoms with Crippen molar-refractivity contribution in [3.8, 4) is 10.8 Å². The number of rotatable bonds is 4. The van der Waals surface area contributed by atoms with Crippen LogP contribution in [0.25, 0.3) is 10.8 Å². The predicted molar refractivity (Wildman–Crippen MR) is 99.9 cm³/mol. The number of carbonyl (C=O) groups is 1. The van der Waals surface area contributed by atoms with Gasteiger partial charge in [-0.05, 0) is 36.8 Å². The zero-order chi connectivity index (χ0) is 18.8. The van der Waals surface area contributed by atoms with Gasteiger partial charge in [0.1, 0.15) is 17.7 Å². The first kappa shape index (κ1) is 17.9. The Morgan fingerprint density at radius 3 is 2.85 bits per heavy atom. The normalized spacial score (nSPS) is 17.3. The third-order valence-electron chi connectivity index (χ3n) is 4.50. The first-order valence-electron chi connectivity index (χ1n) is 8.74. The highest BCUT2D eigenvalue weighted by molar-refractivity contribution is 7.13. The van der Waals surface area contributed by atoms with E-state index < -0.39 is 0 Å². The van der Waals surface area contributed by atoms with Crippen molar-refractivity contribution in [1.29, 1.82) is 0 Å². The van der Waals surface area contributed by atoms with E-state index in [2.05, 4.69) is 4.98 Å². The molecule has 1 aliphatic rings. The first-order chi connectivity index (χ1) is 13.1. The molecular formula is C20H19FN2O3S. The van der Waals surface area contributed by atoms with E-state index in [-0.39, 0.29) is 24.2 Å². The largest absolute Gasteiger partial charge is 0.459 e. The highest BCUT2D eigenvalue weighted by Gasteiger charge is 2.26. The molecule has 0 aliphatic carbocycles. The Morgan fingerprint density at radius 1 is 1.30 bits per heavy atom. The second-order valence-corrected chi connectivity index (χ2v) is 7.34. The van der Waals surface area contributed by atoms with Gasteiger partial charge in [0, 0.05) is 11.9 Å². The third kappa shape index (κ3) is 4.09. The number of carbonyl (C=O) groups excluding carboxylic acids is 1. The maximum atomic E-state index is 13.1. The molecule has 0 N–H and O–H groups in total. The Kier molecular flexibility index (Phi) is 5.05. The van der Waals surface area contributed by atoms with Crippen molar-refractivity contribution in [2.75, 3.05) is 19.7 Å². The summed E-state index contributed by atoms with van der Waals surface area (Å²) in [5, 5.41) is 2.67. The highest BCUT2D eigenvalue weighted by Crippen LogP contribution is 2.27. The van der Waals surface area contributed by atoms with Gasteiger partial charge in [0.25, 0.3) is 0 Å². The fourth-order valence-electron chi connectivity index (χ4n) is 3.07. The summed E-state index contributed by atoms with van der Waals surface area (Å²) in [4.78, 5) is 19.0. The highest BCUT2D eigenvalue weighted by atomic mass is 32.1. The maximum absolute atomic E-state index is 13.1. The SMILES string of the molecule is Cc1ccc(-c2nc(CC(=O)N3CCOC(c4ccc(F)cc4)C3)cs2)o1. The molecule has 1 aromatic carbocycles. The van der Waals surface area contributed by atoms with E-state index >= 15 is 0 Å². The van der Waals surface area contributed by atoms with Crippen LogP contribution in [-0.2, 0) is 16.0 Å². The van der Waals surface area contributed by atoms with E-state index in [1.807, 2.05) is 24.4 Å². The zero-order valence-corrected chi connectivity index (χ0v) is 15.7. The topological polar surface area (TPSA) is 55.6 Å². The molecule has 1 aliphatic heterocycles. The number of halogens is 1. The summed E-state index contributed by atoms with van der Waals surface area (Å²) < 4.78 is 24.5. The molecule has 0 spiro atoms. The monoisotopic (exact) mass is 386 g/mol. The van der Waals surface area contributed by atoms with Gasteiger partial charge in [0.2, 0.25) is 5.91 Å². The number of benzene rings is 1. The molecule has 0 radical (unpaired) electrons. The molecule has 3 aromatic rings. The van der Waals surface area contributed by atoms with E-state index in [0.717, 1.165) is 27.8 Å². The van der Waals surface area contributed by atoms with Crippen molar-refractivity contribution in [2.24, 2.45) is 0 Å². The van der Waals surface area contributed by atoms with Gasteiger partial charge in [-0.25, -0.2) is 9.37 Å². The molecule has 0 bridgehead atoms. The van der Waals surface area contributed by atoms with Crippen molar-refractivity contribution in [2.45, 2.75) is 19.4 Å². The van der Waals surface area contributed by atoms with Gasteiger partial charge in [0.05, 0.1) is 25.3 Å². The number of thiazole rings is 1. The van der Waals surface area contributed by atoms with E-state index in [9.17, 15) is 9.18 Å². The lowest BCUT2D eigenvalue weighted by atomic mass is 10.1. The maximum Gasteiger partial charge on any atom is 0.228 e. The molecule has 5 nitrogen and oxygen atoms in total. The number of morpholine rings is 1. The summed E-state index contributed by atoms with van der Waals surface area (Å²) in [5.41, 5.74) is 1.61. The minimum atomic E-state index is -0.284. The van der Waals surface area contributed by atoms with Gasteiger partial charge in [-0.1, -0.05) is 12.1 Å². The molecule has 4 rings (SSSR count). The molecule has 1 atom stereocenters. The number of ether oxygens (including phenoxy) is 1. The van der Waals surface area contributed by atoms with Crippen molar-refractivity contribution in [1.82, 2.24) is 9.88 Å². The van der Waals surface area contributed by atoms with Crippen LogP contribution in [0.15, 0.2) is 46.2 Å². The van der Waals surface area contributed by atoms with Crippen LogP contribution >= 0.6 is 11.3 Å². The molecule has 27 heavy (non-hydrogen) atoms. The summed E-state index contributed by atoms with van der Waals surface area (Å²) in [5.74, 6) is 1.28. The second kappa shape index (κ2) is 7.62. The number of aromatic nitrogens is 1. The molecule has 1 amide bonds. The van der Waals surface area contributed by atoms with Gasteiger partial charge in [-0.2, -0.15) is 0 Å². The van der Waals surface area contributed by atoms with Gasteiger partial charge in [-0.15, -0.1) is 11.3 Å². The number of nitrogens with zero attached hydrogens (tertiary/aromatic N) is 2. The van der Waals surface area contributed by atoms with Crippen LogP contribution < -0.4 is 0 Å². The number of amides is 1. The van der Waals surface area contributed by atoms with Gasteiger partial charge < -0.3 is 14.1 Å². The van der Waals surface area contributed by atoms with Crippen LogP contribution in [0.1, 0.15) is 23.1 Å². The van der Waals surface area contributed by atoms with Crippen molar-refractivity contribution in [3.05, 3.63) is 64.6 Å². The average Bonchev–Trinajstić information content (AvgIpc) is 3.31. The van der Waals surface area contributed by atoms with E-state index in [1.165, 1.54) is 23.5 Å². The smallest absolute Gasteiger partial charge is 0.228 e. The fraction of sp³-hybridized carbons (Fsp3) is 0.300. The Hall–Kier alpha value is -2.51. The van der Waals surface area contributed by atoms with Crippen molar-refractivity contribution < 1.29 is 18.3 Å². The number of hydrogen-bond donors (Lipinski definition) is 0. The van der Waals surface area contributed by atoms with Crippen LogP contribution in [0.4, 0.5) is 4.39 Å². The average molecular weight is 386 g/mol. The van der Waals surface area contributed by atoms with Crippen LogP contribution in [-0.4, -0.2) is 35.5 Å². The third-order valence-corrected chi connectivity index (χ3v) is 5.40. The Balaban J connectivity index is 1.40. The van der Waals surface area contributed by atoms with Gasteiger partial charge in [0.15, 0.2) is 10.8 Å². The quantitative estimate of drug-likeness (QED) is 0.680. The lowest BCUT2D eigenvalue weighted by molar-refractivity contribution is -0.138. The zero-order valence-electron chi connectivity index (χ0n) is 14.9. The standard InChI is InChI=1S/C20H19FN2O3S/c1-13-2-7-17(26-13)20-22-16(12-27-20)10-19(24)23-8-9-25-18(11-23)14-3-5-15(21)6-4-14/h2-7,12,18H,8-11H2,1H3. The van der Waals surface area contributed by atoms with Crippen molar-refractivity contribution in [3.63, 3.8) is 0 Å².